The largest absolute Gasteiger partial charge is 0.299 e. The predicted octanol–water partition coefficient (Wildman–Crippen LogP) is 7.01. The molecular formula is C26H44N4. The molecule has 0 aliphatic rings. The first-order chi connectivity index (χ1) is 14.6. The molecule has 4 heteroatoms. The summed E-state index contributed by atoms with van der Waals surface area (Å²) in [6.07, 6.45) is 12.4. The fourth-order valence-corrected chi connectivity index (χ4v) is 4.45. The highest BCUT2D eigenvalue weighted by molar-refractivity contribution is 5.63. The first-order valence-corrected chi connectivity index (χ1v) is 12.3. The van der Waals surface area contributed by atoms with Crippen molar-refractivity contribution in [3.8, 4) is 11.3 Å². The minimum Gasteiger partial charge on any atom is -0.299 e. The van der Waals surface area contributed by atoms with Crippen LogP contribution in [0.4, 0.5) is 0 Å². The Labute approximate surface area is 184 Å². The summed E-state index contributed by atoms with van der Waals surface area (Å²) < 4.78 is 0. The standard InChI is InChI=1S/C26H44N4/c1-6-10-12-22(8-3)18-30(19-23(9-4)13-11-7-2)20-24-16-21(5)14-15-25(24)26-17-27-29-28-26/h14-17,22-23H,6-13,18-20H2,1-5H3,(H,27,28,29). The smallest absolute Gasteiger partial charge is 0.113 e. The summed E-state index contributed by atoms with van der Waals surface area (Å²) in [5.74, 6) is 1.57. The summed E-state index contributed by atoms with van der Waals surface area (Å²) in [5.41, 5.74) is 4.84. The van der Waals surface area contributed by atoms with Gasteiger partial charge in [0.1, 0.15) is 5.69 Å². The molecule has 168 valence electrons. The first-order valence-electron chi connectivity index (χ1n) is 12.3. The minimum atomic E-state index is 0.786. The number of rotatable bonds is 15. The van der Waals surface area contributed by atoms with Crippen molar-refractivity contribution < 1.29 is 0 Å². The number of aryl methyl sites for hydroxylation is 1. The molecule has 2 rings (SSSR count). The molecule has 2 aromatic rings. The number of benzene rings is 1. The molecule has 30 heavy (non-hydrogen) atoms. The Morgan fingerprint density at radius 1 is 0.933 bits per heavy atom. The van der Waals surface area contributed by atoms with E-state index in [4.69, 9.17) is 0 Å². The fourth-order valence-electron chi connectivity index (χ4n) is 4.45. The van der Waals surface area contributed by atoms with E-state index in [1.54, 1.807) is 0 Å². The summed E-state index contributed by atoms with van der Waals surface area (Å²) in [7, 11) is 0. The molecule has 0 spiro atoms. The van der Waals surface area contributed by atoms with E-state index >= 15 is 0 Å². The molecule has 0 radical (unpaired) electrons. The van der Waals surface area contributed by atoms with Gasteiger partial charge in [-0.2, -0.15) is 0 Å². The van der Waals surface area contributed by atoms with Crippen LogP contribution in [0, 0.1) is 18.8 Å². The maximum Gasteiger partial charge on any atom is 0.113 e. The van der Waals surface area contributed by atoms with Crippen LogP contribution in [0.3, 0.4) is 0 Å². The van der Waals surface area contributed by atoms with Crippen LogP contribution >= 0.6 is 0 Å². The Kier molecular flexibility index (Phi) is 11.1. The first kappa shape index (κ1) is 24.6. The van der Waals surface area contributed by atoms with Gasteiger partial charge in [0, 0.05) is 31.4 Å². The van der Waals surface area contributed by atoms with Gasteiger partial charge in [-0.1, -0.05) is 95.2 Å². The zero-order valence-electron chi connectivity index (χ0n) is 20.1. The molecule has 4 nitrogen and oxygen atoms in total. The van der Waals surface area contributed by atoms with Crippen molar-refractivity contribution >= 4 is 0 Å². The zero-order valence-corrected chi connectivity index (χ0v) is 20.1. The topological polar surface area (TPSA) is 44.8 Å². The van der Waals surface area contributed by atoms with E-state index in [9.17, 15) is 0 Å². The summed E-state index contributed by atoms with van der Waals surface area (Å²) in [4.78, 5) is 2.74. The van der Waals surface area contributed by atoms with Crippen LogP contribution in [0.1, 0.15) is 90.2 Å². The average Bonchev–Trinajstić information content (AvgIpc) is 3.28. The molecule has 0 aliphatic heterocycles. The molecular weight excluding hydrogens is 368 g/mol. The summed E-state index contributed by atoms with van der Waals surface area (Å²) in [6, 6.07) is 6.74. The van der Waals surface area contributed by atoms with Crippen molar-refractivity contribution in [3.05, 3.63) is 35.5 Å². The third-order valence-corrected chi connectivity index (χ3v) is 6.47. The van der Waals surface area contributed by atoms with E-state index in [0.717, 1.165) is 24.1 Å². The van der Waals surface area contributed by atoms with Gasteiger partial charge in [-0.15, -0.1) is 5.10 Å². The lowest BCUT2D eigenvalue weighted by molar-refractivity contribution is 0.174. The SMILES string of the molecule is CCCCC(CC)CN(Cc1cc(C)ccc1-c1c[nH]nn1)CC(CC)CCCC. The predicted molar refractivity (Wildman–Crippen MR) is 128 cm³/mol. The van der Waals surface area contributed by atoms with Crippen LogP contribution in [0.5, 0.6) is 0 Å². The van der Waals surface area contributed by atoms with E-state index in [-0.39, 0.29) is 0 Å². The molecule has 0 amide bonds. The molecule has 0 bridgehead atoms. The highest BCUT2D eigenvalue weighted by atomic mass is 15.3. The van der Waals surface area contributed by atoms with Crippen molar-refractivity contribution in [2.45, 2.75) is 92.5 Å². The maximum atomic E-state index is 4.30. The third kappa shape index (κ3) is 7.86. The number of hydrogen-bond acceptors (Lipinski definition) is 3. The van der Waals surface area contributed by atoms with Gasteiger partial charge in [0.25, 0.3) is 0 Å². The molecule has 2 unspecified atom stereocenters. The number of aromatic amines is 1. The second-order valence-electron chi connectivity index (χ2n) is 9.05. The van der Waals surface area contributed by atoms with Crippen LogP contribution in [0.15, 0.2) is 24.4 Å². The molecule has 0 fully saturated rings. The van der Waals surface area contributed by atoms with Crippen LogP contribution in [0.2, 0.25) is 0 Å². The van der Waals surface area contributed by atoms with Gasteiger partial charge in [0.15, 0.2) is 0 Å². The average molecular weight is 413 g/mol. The van der Waals surface area contributed by atoms with Crippen LogP contribution in [0.25, 0.3) is 11.3 Å². The van der Waals surface area contributed by atoms with E-state index in [0.29, 0.717) is 0 Å². The molecule has 1 aromatic heterocycles. The number of hydrogen-bond donors (Lipinski definition) is 1. The normalized spacial score (nSPS) is 13.7. The Hall–Kier alpha value is -1.68. The summed E-state index contributed by atoms with van der Waals surface area (Å²) in [5, 5.41) is 11.1. The van der Waals surface area contributed by atoms with Crippen LogP contribution in [-0.2, 0) is 6.54 Å². The number of aromatic nitrogens is 3. The number of nitrogens with one attached hydrogen (secondary N) is 1. The van der Waals surface area contributed by atoms with Gasteiger partial charge in [0.2, 0.25) is 0 Å². The molecule has 2 atom stereocenters. The third-order valence-electron chi connectivity index (χ3n) is 6.47. The quantitative estimate of drug-likeness (QED) is 0.342. The molecule has 1 N–H and O–H groups in total. The molecule has 1 aromatic carbocycles. The summed E-state index contributed by atoms with van der Waals surface area (Å²) >= 11 is 0. The molecule has 0 saturated heterocycles. The second-order valence-corrected chi connectivity index (χ2v) is 9.05. The lowest BCUT2D eigenvalue weighted by atomic mass is 9.94. The lowest BCUT2D eigenvalue weighted by Gasteiger charge is -2.31. The van der Waals surface area contributed by atoms with Crippen LogP contribution < -0.4 is 0 Å². The zero-order chi connectivity index (χ0) is 21.8. The molecule has 0 saturated carbocycles. The van der Waals surface area contributed by atoms with Crippen molar-refractivity contribution in [1.82, 2.24) is 20.3 Å². The van der Waals surface area contributed by atoms with Gasteiger partial charge in [-0.3, -0.25) is 10.00 Å². The Balaban J connectivity index is 2.24. The highest BCUT2D eigenvalue weighted by Gasteiger charge is 2.19. The highest BCUT2D eigenvalue weighted by Crippen LogP contribution is 2.26. The van der Waals surface area contributed by atoms with Gasteiger partial charge >= 0.3 is 0 Å². The second kappa shape index (κ2) is 13.6. The maximum absolute atomic E-state index is 4.30. The van der Waals surface area contributed by atoms with E-state index < -0.39 is 0 Å². The van der Waals surface area contributed by atoms with Gasteiger partial charge in [-0.05, 0) is 37.2 Å². The number of H-pyrrole nitrogens is 1. The fraction of sp³-hybridized carbons (Fsp3) is 0.692. The monoisotopic (exact) mass is 412 g/mol. The van der Waals surface area contributed by atoms with Crippen molar-refractivity contribution in [3.63, 3.8) is 0 Å². The van der Waals surface area contributed by atoms with E-state index in [1.807, 2.05) is 6.20 Å². The lowest BCUT2D eigenvalue weighted by Crippen LogP contribution is -2.34. The van der Waals surface area contributed by atoms with Gasteiger partial charge in [0.05, 0.1) is 0 Å². The Bertz CT molecular complexity index is 677. The van der Waals surface area contributed by atoms with Crippen molar-refractivity contribution in [2.24, 2.45) is 11.8 Å². The van der Waals surface area contributed by atoms with Crippen LogP contribution in [-0.4, -0.2) is 33.4 Å². The van der Waals surface area contributed by atoms with Crippen molar-refractivity contribution in [1.29, 1.82) is 0 Å². The van der Waals surface area contributed by atoms with Gasteiger partial charge < -0.3 is 0 Å². The number of nitrogens with zero attached hydrogens (tertiary/aromatic N) is 3. The summed E-state index contributed by atoms with van der Waals surface area (Å²) in [6.45, 7) is 14.9. The number of unbranched alkanes of at least 4 members (excludes halogenated alkanes) is 2. The van der Waals surface area contributed by atoms with Gasteiger partial charge in [-0.25, -0.2) is 0 Å². The Morgan fingerprint density at radius 2 is 1.57 bits per heavy atom. The molecule has 0 aliphatic carbocycles. The minimum absolute atomic E-state index is 0.786. The molecule has 1 heterocycles. The van der Waals surface area contributed by atoms with E-state index in [2.05, 4.69) is 73.1 Å². The van der Waals surface area contributed by atoms with E-state index in [1.165, 1.54) is 81.1 Å². The van der Waals surface area contributed by atoms with Crippen molar-refractivity contribution in [2.75, 3.05) is 13.1 Å². The Morgan fingerprint density at radius 3 is 2.07 bits per heavy atom.